The summed E-state index contributed by atoms with van der Waals surface area (Å²) in [6.07, 6.45) is 3.43. The lowest BCUT2D eigenvalue weighted by Crippen LogP contribution is -2.27. The van der Waals surface area contributed by atoms with Gasteiger partial charge in [0.15, 0.2) is 0 Å². The maximum Gasteiger partial charge on any atom is 0.220 e. The average molecular weight is 262 g/mol. The van der Waals surface area contributed by atoms with Crippen LogP contribution in [0.25, 0.3) is 0 Å². The first-order valence-corrected chi connectivity index (χ1v) is 6.95. The van der Waals surface area contributed by atoms with Gasteiger partial charge in [-0.15, -0.1) is 0 Å². The van der Waals surface area contributed by atoms with Gasteiger partial charge in [-0.25, -0.2) is 9.97 Å². The first-order chi connectivity index (χ1) is 9.19. The van der Waals surface area contributed by atoms with Crippen LogP contribution < -0.4 is 10.6 Å². The first kappa shape index (κ1) is 13.9. The van der Waals surface area contributed by atoms with E-state index in [4.69, 9.17) is 0 Å². The second-order valence-corrected chi connectivity index (χ2v) is 5.03. The normalized spacial score (nSPS) is 16.3. The van der Waals surface area contributed by atoms with Crippen molar-refractivity contribution in [2.75, 3.05) is 20.1 Å². The van der Waals surface area contributed by atoms with Gasteiger partial charge in [0.1, 0.15) is 5.82 Å². The Balaban J connectivity index is 2.07. The monoisotopic (exact) mass is 262 g/mol. The molecule has 2 rings (SSSR count). The van der Waals surface area contributed by atoms with Gasteiger partial charge in [0, 0.05) is 30.8 Å². The molecule has 0 aliphatic carbocycles. The summed E-state index contributed by atoms with van der Waals surface area (Å²) >= 11 is 0. The summed E-state index contributed by atoms with van der Waals surface area (Å²) in [6, 6.07) is 2.08. The van der Waals surface area contributed by atoms with E-state index in [0.29, 0.717) is 18.8 Å². The molecule has 5 heteroatoms. The zero-order valence-electron chi connectivity index (χ0n) is 11.7. The highest BCUT2D eigenvalue weighted by atomic mass is 16.1. The third-order valence-corrected chi connectivity index (χ3v) is 3.56. The summed E-state index contributed by atoms with van der Waals surface area (Å²) in [4.78, 5) is 20.3. The van der Waals surface area contributed by atoms with Crippen LogP contribution in [0.3, 0.4) is 0 Å². The van der Waals surface area contributed by atoms with Crippen molar-refractivity contribution in [1.82, 2.24) is 20.6 Å². The Morgan fingerprint density at radius 2 is 2.16 bits per heavy atom. The number of rotatable bonds is 4. The Morgan fingerprint density at radius 3 is 2.84 bits per heavy atom. The summed E-state index contributed by atoms with van der Waals surface area (Å²) in [6.45, 7) is 4.04. The van der Waals surface area contributed by atoms with Crippen LogP contribution in [0.1, 0.15) is 42.4 Å². The molecule has 1 amide bonds. The number of hydrogen-bond acceptors (Lipinski definition) is 4. The van der Waals surface area contributed by atoms with E-state index in [-0.39, 0.29) is 5.91 Å². The van der Waals surface area contributed by atoms with Crippen molar-refractivity contribution in [1.29, 1.82) is 0 Å². The number of hydrogen-bond donors (Lipinski definition) is 2. The van der Waals surface area contributed by atoms with Crippen LogP contribution in [0.2, 0.25) is 0 Å². The topological polar surface area (TPSA) is 66.9 Å². The van der Waals surface area contributed by atoms with Crippen LogP contribution in [0.5, 0.6) is 0 Å². The Morgan fingerprint density at radius 1 is 1.42 bits per heavy atom. The second kappa shape index (κ2) is 6.61. The number of aryl methyl sites for hydroxylation is 2. The largest absolute Gasteiger partial charge is 0.359 e. The van der Waals surface area contributed by atoms with Crippen molar-refractivity contribution in [3.8, 4) is 0 Å². The van der Waals surface area contributed by atoms with Gasteiger partial charge in [-0.3, -0.25) is 4.79 Å². The predicted octanol–water partition coefficient (Wildman–Crippen LogP) is 0.931. The highest BCUT2D eigenvalue weighted by molar-refractivity contribution is 5.75. The molecular formula is C14H22N4O. The van der Waals surface area contributed by atoms with Gasteiger partial charge in [-0.05, 0) is 45.3 Å². The fourth-order valence-electron chi connectivity index (χ4n) is 2.48. The van der Waals surface area contributed by atoms with Gasteiger partial charge in [0.25, 0.3) is 0 Å². The Hall–Kier alpha value is -1.49. The van der Waals surface area contributed by atoms with Gasteiger partial charge < -0.3 is 10.6 Å². The number of carbonyl (C=O) groups is 1. The molecule has 1 aromatic heterocycles. The van der Waals surface area contributed by atoms with Crippen LogP contribution in [0.4, 0.5) is 0 Å². The van der Waals surface area contributed by atoms with E-state index < -0.39 is 0 Å². The smallest absolute Gasteiger partial charge is 0.220 e. The Kier molecular flexibility index (Phi) is 4.85. The van der Waals surface area contributed by atoms with Gasteiger partial charge in [0.2, 0.25) is 5.91 Å². The quantitative estimate of drug-likeness (QED) is 0.847. The number of aromatic nitrogens is 2. The fourth-order valence-corrected chi connectivity index (χ4v) is 2.48. The minimum Gasteiger partial charge on any atom is -0.359 e. The molecule has 104 valence electrons. The third-order valence-electron chi connectivity index (χ3n) is 3.56. The van der Waals surface area contributed by atoms with E-state index >= 15 is 0 Å². The molecule has 19 heavy (non-hydrogen) atoms. The second-order valence-electron chi connectivity index (χ2n) is 5.03. The predicted molar refractivity (Wildman–Crippen MR) is 74.0 cm³/mol. The first-order valence-electron chi connectivity index (χ1n) is 6.95. The molecule has 1 aromatic rings. The van der Waals surface area contributed by atoms with Crippen molar-refractivity contribution in [2.24, 2.45) is 0 Å². The minimum atomic E-state index is 0.0553. The van der Waals surface area contributed by atoms with E-state index in [2.05, 4.69) is 26.7 Å². The van der Waals surface area contributed by atoms with Crippen molar-refractivity contribution in [3.63, 3.8) is 0 Å². The SMILES string of the molecule is CNC(=O)CCc1cc(C2CCNCC2)nc(C)n1. The standard InChI is InChI=1S/C14H22N4O/c1-10-17-12(3-4-14(19)15-2)9-13(18-10)11-5-7-16-8-6-11/h9,11,16H,3-8H2,1-2H3,(H,15,19). The summed E-state index contributed by atoms with van der Waals surface area (Å²) in [5.74, 6) is 1.39. The van der Waals surface area contributed by atoms with Crippen molar-refractivity contribution in [2.45, 2.75) is 38.5 Å². The maximum atomic E-state index is 11.3. The van der Waals surface area contributed by atoms with E-state index in [0.717, 1.165) is 43.1 Å². The van der Waals surface area contributed by atoms with E-state index in [1.807, 2.05) is 6.92 Å². The molecule has 1 aliphatic rings. The maximum absolute atomic E-state index is 11.3. The van der Waals surface area contributed by atoms with Crippen LogP contribution >= 0.6 is 0 Å². The fraction of sp³-hybridized carbons (Fsp3) is 0.643. The van der Waals surface area contributed by atoms with Gasteiger partial charge >= 0.3 is 0 Å². The van der Waals surface area contributed by atoms with Crippen LogP contribution in [0, 0.1) is 6.92 Å². The van der Waals surface area contributed by atoms with Gasteiger partial charge in [-0.1, -0.05) is 0 Å². The van der Waals surface area contributed by atoms with Gasteiger partial charge in [-0.2, -0.15) is 0 Å². The molecule has 0 spiro atoms. The molecule has 0 atom stereocenters. The summed E-state index contributed by atoms with van der Waals surface area (Å²) in [5.41, 5.74) is 2.12. The molecule has 1 aliphatic heterocycles. The van der Waals surface area contributed by atoms with Crippen molar-refractivity contribution in [3.05, 3.63) is 23.3 Å². The van der Waals surface area contributed by atoms with Crippen molar-refractivity contribution >= 4 is 5.91 Å². The number of carbonyl (C=O) groups excluding carboxylic acids is 1. The molecule has 2 N–H and O–H groups in total. The Labute approximate surface area is 114 Å². The van der Waals surface area contributed by atoms with Gasteiger partial charge in [0.05, 0.1) is 0 Å². The molecule has 0 aromatic carbocycles. The number of amides is 1. The lowest BCUT2D eigenvalue weighted by molar-refractivity contribution is -0.120. The molecule has 0 radical (unpaired) electrons. The third kappa shape index (κ3) is 3.99. The zero-order valence-corrected chi connectivity index (χ0v) is 11.7. The van der Waals surface area contributed by atoms with Crippen molar-refractivity contribution < 1.29 is 4.79 Å². The van der Waals surface area contributed by atoms with Crippen LogP contribution in [-0.2, 0) is 11.2 Å². The molecule has 1 fully saturated rings. The lowest BCUT2D eigenvalue weighted by atomic mass is 9.93. The number of nitrogens with one attached hydrogen (secondary N) is 2. The number of piperidine rings is 1. The molecular weight excluding hydrogens is 240 g/mol. The summed E-state index contributed by atoms with van der Waals surface area (Å²) < 4.78 is 0. The highest BCUT2D eigenvalue weighted by Gasteiger charge is 2.17. The molecule has 1 saturated heterocycles. The van der Waals surface area contributed by atoms with Crippen LogP contribution in [-0.4, -0.2) is 36.0 Å². The minimum absolute atomic E-state index is 0.0553. The molecule has 5 nitrogen and oxygen atoms in total. The summed E-state index contributed by atoms with van der Waals surface area (Å²) in [5, 5.41) is 6.00. The summed E-state index contributed by atoms with van der Waals surface area (Å²) in [7, 11) is 1.66. The number of nitrogens with zero attached hydrogens (tertiary/aromatic N) is 2. The lowest BCUT2D eigenvalue weighted by Gasteiger charge is -2.22. The van der Waals surface area contributed by atoms with Crippen LogP contribution in [0.15, 0.2) is 6.07 Å². The molecule has 0 bridgehead atoms. The van der Waals surface area contributed by atoms with E-state index in [1.54, 1.807) is 7.05 Å². The molecule has 2 heterocycles. The molecule has 0 unspecified atom stereocenters. The zero-order chi connectivity index (χ0) is 13.7. The van der Waals surface area contributed by atoms with E-state index in [9.17, 15) is 4.79 Å². The molecule has 0 saturated carbocycles. The highest BCUT2D eigenvalue weighted by Crippen LogP contribution is 2.24. The Bertz CT molecular complexity index is 441. The van der Waals surface area contributed by atoms with E-state index in [1.165, 1.54) is 0 Å². The average Bonchev–Trinajstić information content (AvgIpc) is 2.45.